The lowest BCUT2D eigenvalue weighted by Gasteiger charge is -2.24. The summed E-state index contributed by atoms with van der Waals surface area (Å²) in [6, 6.07) is 12.0. The van der Waals surface area contributed by atoms with E-state index in [0.717, 1.165) is 17.0 Å². The number of aryl methyl sites for hydroxylation is 3. The number of hydrogen-bond donors (Lipinski definition) is 1. The summed E-state index contributed by atoms with van der Waals surface area (Å²) in [5.74, 6) is 0.739. The first-order valence-corrected chi connectivity index (χ1v) is 8.20. The fourth-order valence-electron chi connectivity index (χ4n) is 3.48. The van der Waals surface area contributed by atoms with Gasteiger partial charge in [0, 0.05) is 5.69 Å². The van der Waals surface area contributed by atoms with Crippen LogP contribution in [0.25, 0.3) is 0 Å². The molecule has 3 nitrogen and oxygen atoms in total. The summed E-state index contributed by atoms with van der Waals surface area (Å²) in [4.78, 5) is 12.4. The highest BCUT2D eigenvalue weighted by Gasteiger charge is 2.32. The molecule has 0 aromatic heterocycles. The average Bonchev–Trinajstić information content (AvgIpc) is 2.91. The van der Waals surface area contributed by atoms with Gasteiger partial charge in [0.25, 0.3) is 0 Å². The van der Waals surface area contributed by atoms with E-state index in [0.29, 0.717) is 0 Å². The molecule has 3 rings (SSSR count). The number of hydrogen-bond acceptors (Lipinski definition) is 3. The lowest BCUT2D eigenvalue weighted by Crippen LogP contribution is -2.26. The van der Waals surface area contributed by atoms with Crippen molar-refractivity contribution in [2.75, 3.05) is 12.4 Å². The van der Waals surface area contributed by atoms with E-state index in [9.17, 15) is 4.79 Å². The number of allylic oxidation sites excluding steroid dienone is 1. The number of carbonyl (C=O) groups excluding carboxylic acids is 1. The molecule has 0 heterocycles. The predicted molar refractivity (Wildman–Crippen MR) is 97.9 cm³/mol. The van der Waals surface area contributed by atoms with Gasteiger partial charge in [-0.1, -0.05) is 35.9 Å². The van der Waals surface area contributed by atoms with E-state index in [1.165, 1.54) is 16.7 Å². The van der Waals surface area contributed by atoms with E-state index in [2.05, 4.69) is 38.2 Å². The highest BCUT2D eigenvalue weighted by Crippen LogP contribution is 2.32. The van der Waals surface area contributed by atoms with Crippen LogP contribution in [-0.2, 0) is 4.79 Å². The molecule has 2 atom stereocenters. The summed E-state index contributed by atoms with van der Waals surface area (Å²) in [6.45, 7) is 6.30. The van der Waals surface area contributed by atoms with Crippen LogP contribution in [0.1, 0.15) is 28.2 Å². The summed E-state index contributed by atoms with van der Waals surface area (Å²) in [5.41, 5.74) is 5.77. The number of nitrogens with one attached hydrogen (secondary N) is 1. The number of anilines is 1. The minimum Gasteiger partial charge on any atom is -0.497 e. The summed E-state index contributed by atoms with van der Waals surface area (Å²) in [7, 11) is 1.64. The van der Waals surface area contributed by atoms with Crippen LogP contribution in [-0.4, -0.2) is 18.9 Å². The summed E-state index contributed by atoms with van der Waals surface area (Å²) in [5, 5.41) is 3.57. The van der Waals surface area contributed by atoms with Crippen LogP contribution in [0.5, 0.6) is 5.75 Å². The molecule has 3 heteroatoms. The predicted octanol–water partition coefficient (Wildman–Crippen LogP) is 4.32. The van der Waals surface area contributed by atoms with Crippen molar-refractivity contribution < 1.29 is 9.53 Å². The summed E-state index contributed by atoms with van der Waals surface area (Å²) in [6.07, 6.45) is 3.65. The molecule has 0 spiro atoms. The largest absolute Gasteiger partial charge is 0.497 e. The second-order valence-corrected chi connectivity index (χ2v) is 6.46. The lowest BCUT2D eigenvalue weighted by atomic mass is 9.91. The van der Waals surface area contributed by atoms with Gasteiger partial charge in [0.2, 0.25) is 0 Å². The molecule has 0 aliphatic heterocycles. The van der Waals surface area contributed by atoms with Crippen LogP contribution in [0.4, 0.5) is 5.69 Å². The maximum Gasteiger partial charge on any atom is 0.165 e. The van der Waals surface area contributed by atoms with Gasteiger partial charge < -0.3 is 10.1 Å². The Kier molecular flexibility index (Phi) is 4.43. The van der Waals surface area contributed by atoms with Crippen LogP contribution < -0.4 is 10.1 Å². The molecule has 1 aliphatic carbocycles. The van der Waals surface area contributed by atoms with E-state index < -0.39 is 0 Å². The van der Waals surface area contributed by atoms with Gasteiger partial charge in [-0.15, -0.1) is 0 Å². The second-order valence-electron chi connectivity index (χ2n) is 6.46. The Morgan fingerprint density at radius 2 is 1.62 bits per heavy atom. The Morgan fingerprint density at radius 3 is 2.21 bits per heavy atom. The molecule has 0 radical (unpaired) electrons. The van der Waals surface area contributed by atoms with Crippen molar-refractivity contribution in [2.24, 2.45) is 0 Å². The molecule has 24 heavy (non-hydrogen) atoms. The van der Waals surface area contributed by atoms with Crippen LogP contribution in [0.3, 0.4) is 0 Å². The van der Waals surface area contributed by atoms with Crippen LogP contribution >= 0.6 is 0 Å². The zero-order chi connectivity index (χ0) is 17.3. The molecule has 0 unspecified atom stereocenters. The number of benzene rings is 2. The molecule has 0 bridgehead atoms. The number of ether oxygens (including phenoxy) is 1. The third kappa shape index (κ3) is 3.07. The van der Waals surface area contributed by atoms with E-state index in [1.807, 2.05) is 30.3 Å². The maximum absolute atomic E-state index is 12.4. The quantitative estimate of drug-likeness (QED) is 0.911. The minimum absolute atomic E-state index is 0.0361. The van der Waals surface area contributed by atoms with Crippen LogP contribution in [0.2, 0.25) is 0 Å². The zero-order valence-corrected chi connectivity index (χ0v) is 14.6. The maximum atomic E-state index is 12.4. The lowest BCUT2D eigenvalue weighted by molar-refractivity contribution is -0.115. The van der Waals surface area contributed by atoms with Crippen LogP contribution in [0.15, 0.2) is 48.6 Å². The molecule has 1 N–H and O–H groups in total. The highest BCUT2D eigenvalue weighted by molar-refractivity contribution is 5.99. The Balaban J connectivity index is 1.89. The molecular formula is C21H23NO2. The smallest absolute Gasteiger partial charge is 0.165 e. The van der Waals surface area contributed by atoms with Gasteiger partial charge in [0.1, 0.15) is 5.75 Å². The fraction of sp³-hybridized carbons (Fsp3) is 0.286. The standard InChI is InChI=1S/C21H23NO2/c1-13-11-14(2)21(15(3)12-13)22-18-9-10-19(23)20(18)16-5-7-17(24-4)8-6-16/h5-12,18,20,22H,1-4H3/t18-,20+/m1/s1. The van der Waals surface area contributed by atoms with Gasteiger partial charge in [-0.2, -0.15) is 0 Å². The Labute approximate surface area is 143 Å². The molecule has 124 valence electrons. The second kappa shape index (κ2) is 6.52. The summed E-state index contributed by atoms with van der Waals surface area (Å²) >= 11 is 0. The van der Waals surface area contributed by atoms with Gasteiger partial charge in [0.15, 0.2) is 5.78 Å². The molecule has 0 fully saturated rings. The molecule has 0 saturated heterocycles. The van der Waals surface area contributed by atoms with Gasteiger partial charge in [0.05, 0.1) is 19.1 Å². The first kappa shape index (κ1) is 16.3. The van der Waals surface area contributed by atoms with Gasteiger partial charge in [-0.05, 0) is 55.7 Å². The van der Waals surface area contributed by atoms with Crippen molar-refractivity contribution >= 4 is 11.5 Å². The zero-order valence-electron chi connectivity index (χ0n) is 14.6. The normalized spacial score (nSPS) is 19.6. The SMILES string of the molecule is COc1ccc([C@@H]2C(=O)C=C[C@H]2Nc2c(C)cc(C)cc2C)cc1. The van der Waals surface area contributed by atoms with Crippen molar-refractivity contribution in [3.8, 4) is 5.75 Å². The fourth-order valence-corrected chi connectivity index (χ4v) is 3.48. The average molecular weight is 321 g/mol. The number of methoxy groups -OCH3 is 1. The van der Waals surface area contributed by atoms with E-state index in [-0.39, 0.29) is 17.7 Å². The molecule has 1 aliphatic rings. The highest BCUT2D eigenvalue weighted by atomic mass is 16.5. The van der Waals surface area contributed by atoms with Crippen molar-refractivity contribution in [2.45, 2.75) is 32.7 Å². The monoisotopic (exact) mass is 321 g/mol. The number of rotatable bonds is 4. The molecule has 2 aromatic rings. The Morgan fingerprint density at radius 1 is 1.00 bits per heavy atom. The number of ketones is 1. The summed E-state index contributed by atoms with van der Waals surface area (Å²) < 4.78 is 5.21. The van der Waals surface area contributed by atoms with Crippen molar-refractivity contribution in [1.29, 1.82) is 0 Å². The first-order chi connectivity index (χ1) is 11.5. The molecule has 0 amide bonds. The Bertz CT molecular complexity index is 767. The molecule has 2 aromatic carbocycles. The van der Waals surface area contributed by atoms with Crippen LogP contribution in [0, 0.1) is 20.8 Å². The third-order valence-electron chi connectivity index (χ3n) is 4.60. The van der Waals surface area contributed by atoms with E-state index in [4.69, 9.17) is 4.74 Å². The van der Waals surface area contributed by atoms with Gasteiger partial charge in [-0.3, -0.25) is 4.79 Å². The van der Waals surface area contributed by atoms with Crippen molar-refractivity contribution in [1.82, 2.24) is 0 Å². The molecular weight excluding hydrogens is 298 g/mol. The topological polar surface area (TPSA) is 38.3 Å². The number of carbonyl (C=O) groups is 1. The van der Waals surface area contributed by atoms with E-state index >= 15 is 0 Å². The first-order valence-electron chi connectivity index (χ1n) is 8.20. The van der Waals surface area contributed by atoms with Gasteiger partial charge >= 0.3 is 0 Å². The van der Waals surface area contributed by atoms with E-state index in [1.54, 1.807) is 13.2 Å². The molecule has 0 saturated carbocycles. The Hall–Kier alpha value is -2.55. The minimum atomic E-state index is -0.198. The van der Waals surface area contributed by atoms with Crippen molar-refractivity contribution in [3.63, 3.8) is 0 Å². The van der Waals surface area contributed by atoms with Gasteiger partial charge in [-0.25, -0.2) is 0 Å². The third-order valence-corrected chi connectivity index (χ3v) is 4.60. The van der Waals surface area contributed by atoms with Crippen molar-refractivity contribution in [3.05, 3.63) is 70.8 Å².